The average Bonchev–Trinajstić information content (AvgIpc) is 3.10. The van der Waals surface area contributed by atoms with Gasteiger partial charge in [-0.15, -0.1) is 4.36 Å². The Morgan fingerprint density at radius 1 is 0.737 bits per heavy atom. The molecule has 0 bridgehead atoms. The minimum absolute atomic E-state index is 0.00961. The number of aromatic nitrogens is 4. The van der Waals surface area contributed by atoms with Crippen LogP contribution in [0.25, 0.3) is 22.5 Å². The van der Waals surface area contributed by atoms with Crippen LogP contribution in [0.3, 0.4) is 0 Å². The molecule has 4 N–H and O–H groups in total. The van der Waals surface area contributed by atoms with Gasteiger partial charge < -0.3 is 15.2 Å². The van der Waals surface area contributed by atoms with E-state index in [4.69, 9.17) is 10.0 Å². The first-order chi connectivity index (χ1) is 26.9. The minimum atomic E-state index is -2.93. The molecule has 0 saturated carbocycles. The molecule has 0 radical (unpaired) electrons. The Balaban J connectivity index is 0.000000219. The SMILES string of the molecule is CS(=N)(=O)Cc1cccc(Nc2ncc(F)c(-c3ccc(F)cc3F)n2)c1.C[SH](O)(Cc1cc(F)cc(Nc2ncc(F)c(-c3ccc(F)cc3F)n2)c1)=NC#N. The largest absolute Gasteiger partial charge is 0.343 e. The van der Waals surface area contributed by atoms with Gasteiger partial charge in [-0.3, -0.25) is 4.78 Å². The summed E-state index contributed by atoms with van der Waals surface area (Å²) in [6.45, 7) is 0. The van der Waals surface area contributed by atoms with Crippen LogP contribution < -0.4 is 10.6 Å². The van der Waals surface area contributed by atoms with Gasteiger partial charge >= 0.3 is 0 Å². The third kappa shape index (κ3) is 11.8. The number of anilines is 4. The van der Waals surface area contributed by atoms with Crippen LogP contribution in [0.15, 0.2) is 95.6 Å². The number of nitrogens with one attached hydrogen (secondary N) is 3. The van der Waals surface area contributed by atoms with E-state index in [1.54, 1.807) is 24.3 Å². The number of thiol groups is 1. The molecule has 4 aromatic carbocycles. The van der Waals surface area contributed by atoms with Crippen LogP contribution >= 0.6 is 0 Å². The standard InChI is InChI=1S/C19H15F4N5OS.C18H15F3N4OS/c1-30(29,26-10-24)9-11-4-13(21)6-14(5-11)27-19-25-8-17(23)18(28-19)15-3-2-12(20)7-16(15)22;1-27(22,26)10-11-3-2-4-13(7-11)24-18-23-9-16(21)17(25-18)14-6-5-12(19)8-15(14)20/h2-8,30H,9H2,1H3,(H,26,29)(H,25,27,28);2-9,22H,10H2,1H3,(H,23,24,25). The summed E-state index contributed by atoms with van der Waals surface area (Å²) in [7, 11) is -5.64. The zero-order valence-corrected chi connectivity index (χ0v) is 31.3. The molecule has 6 aromatic rings. The van der Waals surface area contributed by atoms with E-state index in [0.29, 0.717) is 28.9 Å². The second kappa shape index (κ2) is 17.7. The lowest BCUT2D eigenvalue weighted by Crippen LogP contribution is -2.10. The van der Waals surface area contributed by atoms with Crippen LogP contribution in [0.4, 0.5) is 54.0 Å². The average molecular weight is 830 g/mol. The van der Waals surface area contributed by atoms with E-state index in [0.717, 1.165) is 42.7 Å². The highest BCUT2D eigenvalue weighted by Gasteiger charge is 2.17. The third-order valence-corrected chi connectivity index (χ3v) is 9.81. The van der Waals surface area contributed by atoms with Gasteiger partial charge in [0.25, 0.3) is 0 Å². The van der Waals surface area contributed by atoms with Crippen LogP contribution in [-0.4, -0.2) is 41.2 Å². The highest BCUT2D eigenvalue weighted by molar-refractivity contribution is 7.98. The van der Waals surface area contributed by atoms with Crippen molar-refractivity contribution in [2.75, 3.05) is 23.1 Å². The Kier molecular flexibility index (Phi) is 13.0. The zero-order valence-electron chi connectivity index (χ0n) is 29.6. The van der Waals surface area contributed by atoms with Gasteiger partial charge in [-0.2, -0.15) is 5.26 Å². The summed E-state index contributed by atoms with van der Waals surface area (Å²) in [5.41, 5.74) is 0.599. The van der Waals surface area contributed by atoms with Crippen LogP contribution in [0, 0.1) is 57.0 Å². The van der Waals surface area contributed by atoms with Crippen LogP contribution in [-0.2, 0) is 31.3 Å². The summed E-state index contributed by atoms with van der Waals surface area (Å²) in [6, 6.07) is 15.9. The number of benzene rings is 4. The first kappa shape index (κ1) is 41.9. The van der Waals surface area contributed by atoms with E-state index in [2.05, 4.69) is 34.9 Å². The molecule has 0 saturated heterocycles. The third-order valence-electron chi connectivity index (χ3n) is 7.44. The molecule has 20 heteroatoms. The normalized spacial score (nSPS) is 12.4. The predicted molar refractivity (Wildman–Crippen MR) is 204 cm³/mol. The summed E-state index contributed by atoms with van der Waals surface area (Å²) in [6.07, 6.45) is 5.98. The summed E-state index contributed by atoms with van der Waals surface area (Å²) in [5.74, 6) is -6.05. The van der Waals surface area contributed by atoms with E-state index in [-0.39, 0.29) is 45.9 Å². The number of hydrogen-bond acceptors (Lipinski definition) is 10. The Morgan fingerprint density at radius 3 is 1.77 bits per heavy atom. The Morgan fingerprint density at radius 2 is 1.26 bits per heavy atom. The molecule has 0 aliphatic heterocycles. The van der Waals surface area contributed by atoms with Gasteiger partial charge in [0.2, 0.25) is 18.1 Å². The number of nitrogens with zero attached hydrogens (tertiary/aromatic N) is 6. The quantitative estimate of drug-likeness (QED) is 0.0513. The summed E-state index contributed by atoms with van der Waals surface area (Å²) in [4.78, 5) is 15.5. The van der Waals surface area contributed by atoms with Crippen molar-refractivity contribution in [2.24, 2.45) is 4.36 Å². The molecule has 0 amide bonds. The highest BCUT2D eigenvalue weighted by atomic mass is 32.3. The van der Waals surface area contributed by atoms with Crippen molar-refractivity contribution >= 4 is 43.1 Å². The van der Waals surface area contributed by atoms with E-state index < -0.39 is 66.2 Å². The second-order valence-corrected chi connectivity index (χ2v) is 17.4. The fourth-order valence-electron chi connectivity index (χ4n) is 5.20. The van der Waals surface area contributed by atoms with Crippen LogP contribution in [0.2, 0.25) is 0 Å². The minimum Gasteiger partial charge on any atom is -0.343 e. The second-order valence-electron chi connectivity index (χ2n) is 12.4. The first-order valence-corrected chi connectivity index (χ1v) is 20.6. The van der Waals surface area contributed by atoms with Gasteiger partial charge in [-0.05, 0) is 72.0 Å². The van der Waals surface area contributed by atoms with Crippen molar-refractivity contribution in [1.29, 1.82) is 10.0 Å². The van der Waals surface area contributed by atoms with Crippen molar-refractivity contribution in [3.63, 3.8) is 0 Å². The van der Waals surface area contributed by atoms with Gasteiger partial charge in [0.15, 0.2) is 11.6 Å². The van der Waals surface area contributed by atoms with Crippen LogP contribution in [0.5, 0.6) is 0 Å². The fourth-order valence-corrected chi connectivity index (χ4v) is 7.16. The summed E-state index contributed by atoms with van der Waals surface area (Å²) < 4.78 is 129. The molecular formula is C37H30F7N9O2S2. The summed E-state index contributed by atoms with van der Waals surface area (Å²) in [5, 5.41) is 14.2. The monoisotopic (exact) mass is 829 g/mol. The molecule has 296 valence electrons. The van der Waals surface area contributed by atoms with Crippen molar-refractivity contribution in [3.05, 3.63) is 143 Å². The fraction of sp³-hybridized carbons (Fsp3) is 0.108. The number of rotatable bonds is 10. The maximum Gasteiger partial charge on any atom is 0.227 e. The van der Waals surface area contributed by atoms with Gasteiger partial charge in [0.05, 0.1) is 18.1 Å². The molecule has 0 aliphatic carbocycles. The molecule has 0 spiro atoms. The smallest absolute Gasteiger partial charge is 0.227 e. The summed E-state index contributed by atoms with van der Waals surface area (Å²) >= 11 is 0. The molecule has 1 unspecified atom stereocenters. The Bertz CT molecular complexity index is 2670. The van der Waals surface area contributed by atoms with Gasteiger partial charge in [0.1, 0.15) is 40.5 Å². The first-order valence-electron chi connectivity index (χ1n) is 16.2. The van der Waals surface area contributed by atoms with Gasteiger partial charge in [0, 0.05) is 56.4 Å². The number of nitriles is 1. The lowest BCUT2D eigenvalue weighted by molar-refractivity contribution is 0.580. The van der Waals surface area contributed by atoms with E-state index >= 15 is 0 Å². The maximum atomic E-state index is 14.1. The van der Waals surface area contributed by atoms with Crippen molar-refractivity contribution in [1.82, 2.24) is 19.9 Å². The zero-order chi connectivity index (χ0) is 41.5. The number of hydrogen-bond donors (Lipinski definition) is 5. The molecule has 0 aliphatic rings. The molecular weight excluding hydrogens is 800 g/mol. The van der Waals surface area contributed by atoms with Gasteiger partial charge in [-0.1, -0.05) is 22.2 Å². The molecule has 1 atom stereocenters. The Labute approximate surface area is 322 Å². The van der Waals surface area contributed by atoms with Crippen molar-refractivity contribution < 1.29 is 39.5 Å². The molecule has 0 fully saturated rings. The van der Waals surface area contributed by atoms with E-state index in [1.165, 1.54) is 30.8 Å². The van der Waals surface area contributed by atoms with E-state index in [1.807, 2.05) is 0 Å². The highest BCUT2D eigenvalue weighted by Crippen LogP contribution is 2.28. The van der Waals surface area contributed by atoms with Crippen molar-refractivity contribution in [3.8, 4) is 28.7 Å². The molecule has 57 heavy (non-hydrogen) atoms. The molecule has 6 rings (SSSR count). The maximum absolute atomic E-state index is 14.1. The topological polar surface area (TPSA) is 173 Å². The van der Waals surface area contributed by atoms with E-state index in [9.17, 15) is 39.5 Å². The van der Waals surface area contributed by atoms with Crippen molar-refractivity contribution in [2.45, 2.75) is 11.5 Å². The number of halogens is 7. The molecule has 2 aromatic heterocycles. The lowest BCUT2D eigenvalue weighted by atomic mass is 10.1. The predicted octanol–water partition coefficient (Wildman–Crippen LogP) is 9.08. The molecule has 11 nitrogen and oxygen atoms in total. The Hall–Kier alpha value is -6.30. The lowest BCUT2D eigenvalue weighted by Gasteiger charge is -2.16. The van der Waals surface area contributed by atoms with Gasteiger partial charge in [-0.25, -0.2) is 54.9 Å². The molecule has 2 heterocycles. The van der Waals surface area contributed by atoms with Crippen LogP contribution in [0.1, 0.15) is 11.1 Å².